The van der Waals surface area contributed by atoms with Crippen LogP contribution in [0.15, 0.2) is 29.2 Å². The molecule has 0 atom stereocenters. The summed E-state index contributed by atoms with van der Waals surface area (Å²) in [5.74, 6) is -0.922. The Morgan fingerprint density at radius 3 is 2.40 bits per heavy atom. The minimum absolute atomic E-state index is 0.0714. The number of hydrogen-bond acceptors (Lipinski definition) is 4. The van der Waals surface area contributed by atoms with Gasteiger partial charge in [-0.05, 0) is 30.2 Å². The van der Waals surface area contributed by atoms with Gasteiger partial charge in [0.15, 0.2) is 14.7 Å². The second kappa shape index (κ2) is 7.45. The third-order valence-electron chi connectivity index (χ3n) is 2.66. The highest BCUT2D eigenvalue weighted by Crippen LogP contribution is 2.18. The van der Waals surface area contributed by atoms with Gasteiger partial charge in [0.05, 0.1) is 12.9 Å². The molecule has 1 rings (SSSR count). The van der Waals surface area contributed by atoms with Crippen LogP contribution >= 0.6 is 11.6 Å². The largest absolute Gasteiger partial charge is 0.465 e. The highest BCUT2D eigenvalue weighted by molar-refractivity contribution is 7.96. The van der Waals surface area contributed by atoms with Gasteiger partial charge in [0, 0.05) is 5.02 Å². The van der Waals surface area contributed by atoms with Crippen LogP contribution < -0.4 is 0 Å². The molecule has 110 valence electrons. The van der Waals surface area contributed by atoms with Crippen molar-refractivity contribution in [3.63, 3.8) is 0 Å². The van der Waals surface area contributed by atoms with Gasteiger partial charge in [0.25, 0.3) is 0 Å². The van der Waals surface area contributed by atoms with Gasteiger partial charge < -0.3 is 4.74 Å². The van der Waals surface area contributed by atoms with E-state index in [2.05, 4.69) is 4.74 Å². The van der Waals surface area contributed by atoms with Gasteiger partial charge in [-0.3, -0.25) is 0 Å². The maximum absolute atomic E-state index is 12.2. The molecule has 0 heterocycles. The molecule has 0 aliphatic rings. The molecule has 6 heteroatoms. The van der Waals surface area contributed by atoms with Gasteiger partial charge in [0.2, 0.25) is 0 Å². The van der Waals surface area contributed by atoms with Crippen LogP contribution in [0.3, 0.4) is 0 Å². The lowest BCUT2D eigenvalue weighted by molar-refractivity contribution is -0.135. The van der Waals surface area contributed by atoms with Crippen molar-refractivity contribution in [3.8, 4) is 0 Å². The molecule has 0 fully saturated rings. The van der Waals surface area contributed by atoms with E-state index in [1.807, 2.05) is 6.92 Å². The maximum atomic E-state index is 12.2. The van der Waals surface area contributed by atoms with Crippen LogP contribution in [0.4, 0.5) is 0 Å². The zero-order valence-corrected chi connectivity index (χ0v) is 13.0. The second-order valence-electron chi connectivity index (χ2n) is 4.22. The molecule has 1 aromatic rings. The zero-order chi connectivity index (χ0) is 15.2. The van der Waals surface area contributed by atoms with Crippen LogP contribution in [-0.4, -0.2) is 27.2 Å². The van der Waals surface area contributed by atoms with Crippen LogP contribution in [-0.2, 0) is 19.4 Å². The minimum Gasteiger partial charge on any atom is -0.465 e. The van der Waals surface area contributed by atoms with Gasteiger partial charge in [0.1, 0.15) is 0 Å². The van der Waals surface area contributed by atoms with E-state index in [1.165, 1.54) is 6.08 Å². The molecule has 0 aliphatic carbocycles. The van der Waals surface area contributed by atoms with Gasteiger partial charge in [-0.25, -0.2) is 13.2 Å². The molecule has 0 amide bonds. The number of methoxy groups -OCH3 is 1. The molecule has 0 spiro atoms. The van der Waals surface area contributed by atoms with E-state index < -0.39 is 15.8 Å². The summed E-state index contributed by atoms with van der Waals surface area (Å²) in [6.07, 6.45) is 2.54. The quantitative estimate of drug-likeness (QED) is 0.598. The molecule has 1 aromatic carbocycles. The molecule has 0 saturated carbocycles. The van der Waals surface area contributed by atoms with E-state index in [0.29, 0.717) is 17.0 Å². The molecular formula is C14H17ClO4S. The van der Waals surface area contributed by atoms with Crippen LogP contribution in [0.2, 0.25) is 5.02 Å². The van der Waals surface area contributed by atoms with Crippen molar-refractivity contribution in [2.75, 3.05) is 12.9 Å². The summed E-state index contributed by atoms with van der Waals surface area (Å²) < 4.78 is 28.9. The monoisotopic (exact) mass is 316 g/mol. The first-order chi connectivity index (χ1) is 9.40. The minimum atomic E-state index is -3.65. The SMILES string of the molecule is CCCCS(=O)(=O)/C(=C/c1ccc(Cl)cc1)C(=O)OC. The summed E-state index contributed by atoms with van der Waals surface area (Å²) in [6, 6.07) is 6.53. The van der Waals surface area contributed by atoms with Crippen molar-refractivity contribution in [3.05, 3.63) is 39.8 Å². The Morgan fingerprint density at radius 1 is 1.30 bits per heavy atom. The zero-order valence-electron chi connectivity index (χ0n) is 11.4. The number of halogens is 1. The van der Waals surface area contributed by atoms with E-state index >= 15 is 0 Å². The fourth-order valence-corrected chi connectivity index (χ4v) is 3.20. The third kappa shape index (κ3) is 4.65. The molecule has 0 radical (unpaired) electrons. The van der Waals surface area contributed by atoms with E-state index in [-0.39, 0.29) is 10.7 Å². The Morgan fingerprint density at radius 2 is 1.90 bits per heavy atom. The summed E-state index contributed by atoms with van der Waals surface area (Å²) in [4.78, 5) is 11.4. The maximum Gasteiger partial charge on any atom is 0.349 e. The fraction of sp³-hybridized carbons (Fsp3) is 0.357. The van der Waals surface area contributed by atoms with Crippen molar-refractivity contribution in [1.82, 2.24) is 0 Å². The Balaban J connectivity index is 3.19. The number of carbonyl (C=O) groups excluding carboxylic acids is 1. The van der Waals surface area contributed by atoms with Crippen LogP contribution in [0.1, 0.15) is 25.3 Å². The van der Waals surface area contributed by atoms with E-state index in [0.717, 1.165) is 13.5 Å². The van der Waals surface area contributed by atoms with E-state index in [1.54, 1.807) is 24.3 Å². The number of unbranched alkanes of at least 4 members (excludes halogenated alkanes) is 1. The Labute approximate surface area is 124 Å². The van der Waals surface area contributed by atoms with Crippen molar-refractivity contribution < 1.29 is 17.9 Å². The second-order valence-corrected chi connectivity index (χ2v) is 6.74. The summed E-state index contributed by atoms with van der Waals surface area (Å²) in [6.45, 7) is 1.89. The van der Waals surface area contributed by atoms with Crippen molar-refractivity contribution in [2.24, 2.45) is 0 Å². The number of hydrogen-bond donors (Lipinski definition) is 0. The molecule has 0 N–H and O–H groups in total. The Bertz CT molecular complexity index is 588. The number of sulfone groups is 1. The van der Waals surface area contributed by atoms with Gasteiger partial charge in [-0.2, -0.15) is 0 Å². The van der Waals surface area contributed by atoms with E-state index in [9.17, 15) is 13.2 Å². The predicted octanol–water partition coefficient (Wildman–Crippen LogP) is 3.07. The highest BCUT2D eigenvalue weighted by atomic mass is 35.5. The van der Waals surface area contributed by atoms with Crippen LogP contribution in [0.25, 0.3) is 6.08 Å². The fourth-order valence-electron chi connectivity index (χ4n) is 1.53. The lowest BCUT2D eigenvalue weighted by Crippen LogP contribution is -2.17. The van der Waals surface area contributed by atoms with Crippen molar-refractivity contribution >= 4 is 33.5 Å². The summed E-state index contributed by atoms with van der Waals surface area (Å²) >= 11 is 5.77. The number of benzene rings is 1. The van der Waals surface area contributed by atoms with Gasteiger partial charge in [-0.15, -0.1) is 0 Å². The number of carbonyl (C=O) groups is 1. The van der Waals surface area contributed by atoms with Crippen molar-refractivity contribution in [1.29, 1.82) is 0 Å². The normalized spacial score (nSPS) is 12.2. The molecule has 4 nitrogen and oxygen atoms in total. The third-order valence-corrected chi connectivity index (χ3v) is 4.69. The van der Waals surface area contributed by atoms with Gasteiger partial charge in [-0.1, -0.05) is 37.1 Å². The molecule has 0 aliphatic heterocycles. The Kier molecular flexibility index (Phi) is 6.23. The summed E-state index contributed by atoms with van der Waals surface area (Å²) in [5, 5.41) is 0.538. The Hall–Kier alpha value is -1.33. The molecule has 20 heavy (non-hydrogen) atoms. The van der Waals surface area contributed by atoms with E-state index in [4.69, 9.17) is 11.6 Å². The molecule has 0 bridgehead atoms. The van der Waals surface area contributed by atoms with Gasteiger partial charge >= 0.3 is 5.97 Å². The first-order valence-corrected chi connectivity index (χ1v) is 8.22. The number of rotatable bonds is 6. The average Bonchev–Trinajstić information content (AvgIpc) is 2.43. The summed E-state index contributed by atoms with van der Waals surface area (Å²) in [7, 11) is -2.49. The lowest BCUT2D eigenvalue weighted by atomic mass is 10.2. The van der Waals surface area contributed by atoms with Crippen molar-refractivity contribution in [2.45, 2.75) is 19.8 Å². The van der Waals surface area contributed by atoms with Crippen LogP contribution in [0, 0.1) is 0 Å². The van der Waals surface area contributed by atoms with Crippen LogP contribution in [0.5, 0.6) is 0 Å². The molecule has 0 unspecified atom stereocenters. The lowest BCUT2D eigenvalue weighted by Gasteiger charge is -2.07. The first-order valence-electron chi connectivity index (χ1n) is 6.19. The smallest absolute Gasteiger partial charge is 0.349 e. The predicted molar refractivity (Wildman–Crippen MR) is 80.1 cm³/mol. The highest BCUT2D eigenvalue weighted by Gasteiger charge is 2.25. The number of ether oxygens (including phenoxy) is 1. The number of esters is 1. The molecule has 0 aromatic heterocycles. The average molecular weight is 317 g/mol. The topological polar surface area (TPSA) is 60.4 Å². The molecular weight excluding hydrogens is 300 g/mol. The summed E-state index contributed by atoms with van der Waals surface area (Å²) in [5.41, 5.74) is 0.579. The first kappa shape index (κ1) is 16.7. The standard InChI is InChI=1S/C14H17ClO4S/c1-3-4-9-20(17,18)13(14(16)19-2)10-11-5-7-12(15)8-6-11/h5-8,10H,3-4,9H2,1-2H3/b13-10+. The molecule has 0 saturated heterocycles.